The van der Waals surface area contributed by atoms with Crippen LogP contribution in [0.25, 0.3) is 10.9 Å². The molecule has 5 nitrogen and oxygen atoms in total. The van der Waals surface area contributed by atoms with Gasteiger partial charge in [0.2, 0.25) is 0 Å². The number of H-pyrrole nitrogens is 1. The summed E-state index contributed by atoms with van der Waals surface area (Å²) in [5, 5.41) is 17.6. The zero-order chi connectivity index (χ0) is 8.55. The molecule has 2 rings (SSSR count). The molecule has 0 bridgehead atoms. The molecule has 0 fully saturated rings. The van der Waals surface area contributed by atoms with E-state index >= 15 is 0 Å². The van der Waals surface area contributed by atoms with Gasteiger partial charge in [-0.05, 0) is 6.07 Å². The number of non-ortho nitro benzene ring substituents is 1. The zero-order valence-electron chi connectivity index (χ0n) is 7.40. The summed E-state index contributed by atoms with van der Waals surface area (Å²) < 4.78 is 0. The molecule has 0 saturated heterocycles. The van der Waals surface area contributed by atoms with E-state index in [-0.39, 0.29) is 74.1 Å². The third-order valence-electron chi connectivity index (χ3n) is 1.63. The molecule has 0 unspecified atom stereocenters. The average molecular weight is 282 g/mol. The van der Waals surface area contributed by atoms with Crippen LogP contribution in [0.4, 0.5) is 5.69 Å². The predicted molar refractivity (Wildman–Crippen MR) is 42.7 cm³/mol. The first-order chi connectivity index (χ1) is 5.77. The number of nitro groups is 1. The maximum atomic E-state index is 10.3. The number of hydrogen-bond donors (Lipinski definition) is 1. The average Bonchev–Trinajstić information content (AvgIpc) is 2.49. The topological polar surface area (TPSA) is 71.8 Å². The number of hydrogen-bond acceptors (Lipinski definition) is 3. The van der Waals surface area contributed by atoms with E-state index in [1.807, 2.05) is 0 Å². The molecule has 1 aromatic carbocycles. The van der Waals surface area contributed by atoms with E-state index in [0.717, 1.165) is 10.9 Å². The molecule has 68 valence electrons. The van der Waals surface area contributed by atoms with Gasteiger partial charge in [-0.3, -0.25) is 15.2 Å². The Balaban J connectivity index is 0.000000845. The van der Waals surface area contributed by atoms with Crippen molar-refractivity contribution in [2.75, 3.05) is 0 Å². The van der Waals surface area contributed by atoms with E-state index in [4.69, 9.17) is 0 Å². The zero-order valence-corrected chi connectivity index (χ0v) is 12.1. The Bertz CT molecular complexity index is 445. The van der Waals surface area contributed by atoms with Crippen LogP contribution in [0.15, 0.2) is 24.4 Å². The second kappa shape index (κ2) is 5.94. The first-order valence-electron chi connectivity index (χ1n) is 3.35. The van der Waals surface area contributed by atoms with Crippen molar-refractivity contribution in [3.05, 3.63) is 34.5 Å². The Morgan fingerprint density at radius 3 is 2.79 bits per heavy atom. The summed E-state index contributed by atoms with van der Waals surface area (Å²) in [4.78, 5) is 9.92. The Morgan fingerprint density at radius 1 is 1.43 bits per heavy atom. The van der Waals surface area contributed by atoms with E-state index in [1.165, 1.54) is 12.1 Å². The third-order valence-corrected chi connectivity index (χ3v) is 1.63. The third kappa shape index (κ3) is 2.85. The minimum absolute atomic E-state index is 0. The Morgan fingerprint density at radius 2 is 2.14 bits per heavy atom. The predicted octanol–water partition coefficient (Wildman–Crippen LogP) is -4.52. The summed E-state index contributed by atoms with van der Waals surface area (Å²) in [6, 6.07) is 4.57. The van der Waals surface area contributed by atoms with Gasteiger partial charge in [-0.2, -0.15) is 5.10 Å². The summed E-state index contributed by atoms with van der Waals surface area (Å²) >= 11 is 0. The van der Waals surface area contributed by atoms with Crippen LogP contribution in [0.1, 0.15) is 0 Å². The van der Waals surface area contributed by atoms with Crippen LogP contribution in [0, 0.1) is 10.1 Å². The van der Waals surface area contributed by atoms with Crippen molar-refractivity contribution in [2.24, 2.45) is 0 Å². The number of nitrogens with zero attached hydrogens (tertiary/aromatic N) is 2. The maximum Gasteiger partial charge on any atom is 1.00 e. The molecule has 0 aliphatic heterocycles. The van der Waals surface area contributed by atoms with Crippen LogP contribution >= 0.6 is 0 Å². The van der Waals surface area contributed by atoms with Gasteiger partial charge in [0.15, 0.2) is 0 Å². The van der Waals surface area contributed by atoms with Crippen molar-refractivity contribution < 1.29 is 73.3 Å². The number of benzene rings is 1. The van der Waals surface area contributed by atoms with Crippen molar-refractivity contribution in [2.45, 2.75) is 0 Å². The normalized spacial score (nSPS) is 8.86. The Hall–Kier alpha value is 0.206. The second-order valence-corrected chi connectivity index (χ2v) is 2.40. The summed E-state index contributed by atoms with van der Waals surface area (Å²) in [6.45, 7) is 0. The summed E-state index contributed by atoms with van der Waals surface area (Å²) in [5.74, 6) is 0. The van der Waals surface area contributed by atoms with Gasteiger partial charge in [0.1, 0.15) is 0 Å². The second-order valence-electron chi connectivity index (χ2n) is 2.40. The SMILES string of the molecule is O=[N+]([O-])c1ccc2[nH]ncc2c1.[Br-].[K+]. The summed E-state index contributed by atoms with van der Waals surface area (Å²) in [7, 11) is 0. The molecular formula is C7H5BrKN3O2. The van der Waals surface area contributed by atoms with Crippen LogP contribution in [0.5, 0.6) is 0 Å². The molecule has 0 radical (unpaired) electrons. The summed E-state index contributed by atoms with van der Waals surface area (Å²) in [5.41, 5.74) is 0.893. The number of halogens is 1. The van der Waals surface area contributed by atoms with Gasteiger partial charge >= 0.3 is 51.4 Å². The van der Waals surface area contributed by atoms with Gasteiger partial charge in [-0.1, -0.05) is 0 Å². The fourth-order valence-electron chi connectivity index (χ4n) is 1.04. The van der Waals surface area contributed by atoms with Crippen molar-refractivity contribution in [3.8, 4) is 0 Å². The first kappa shape index (κ1) is 14.2. The fourth-order valence-corrected chi connectivity index (χ4v) is 1.04. The molecule has 7 heteroatoms. The van der Waals surface area contributed by atoms with Gasteiger partial charge in [0.05, 0.1) is 16.6 Å². The minimum atomic E-state index is -0.424. The maximum absolute atomic E-state index is 10.3. The van der Waals surface area contributed by atoms with E-state index < -0.39 is 4.92 Å². The van der Waals surface area contributed by atoms with E-state index in [9.17, 15) is 10.1 Å². The van der Waals surface area contributed by atoms with Gasteiger partial charge in [-0.25, -0.2) is 0 Å². The number of aromatic nitrogens is 2. The van der Waals surface area contributed by atoms with Gasteiger partial charge in [0.25, 0.3) is 5.69 Å². The Kier molecular flexibility index (Phi) is 6.02. The molecule has 1 N–H and O–H groups in total. The molecule has 0 aliphatic carbocycles. The van der Waals surface area contributed by atoms with E-state index in [1.54, 1.807) is 12.3 Å². The van der Waals surface area contributed by atoms with Crippen molar-refractivity contribution in [1.29, 1.82) is 0 Å². The monoisotopic (exact) mass is 281 g/mol. The molecule has 1 heterocycles. The van der Waals surface area contributed by atoms with Crippen LogP contribution in [-0.4, -0.2) is 15.1 Å². The number of nitro benzene ring substituents is 1. The first-order valence-corrected chi connectivity index (χ1v) is 3.35. The molecule has 0 atom stereocenters. The largest absolute Gasteiger partial charge is 1.00 e. The van der Waals surface area contributed by atoms with Gasteiger partial charge in [0, 0.05) is 17.5 Å². The van der Waals surface area contributed by atoms with Crippen LogP contribution in [0.2, 0.25) is 0 Å². The number of fused-ring (bicyclic) bond motifs is 1. The van der Waals surface area contributed by atoms with E-state index in [0.29, 0.717) is 0 Å². The minimum Gasteiger partial charge on any atom is -1.00 e. The van der Waals surface area contributed by atoms with Gasteiger partial charge in [-0.15, -0.1) is 0 Å². The molecule has 14 heavy (non-hydrogen) atoms. The van der Waals surface area contributed by atoms with Crippen LogP contribution in [-0.2, 0) is 0 Å². The quantitative estimate of drug-likeness (QED) is 0.325. The molecular weight excluding hydrogens is 277 g/mol. The van der Waals surface area contributed by atoms with Crippen LogP contribution < -0.4 is 68.4 Å². The van der Waals surface area contributed by atoms with Crippen molar-refractivity contribution in [1.82, 2.24) is 10.2 Å². The van der Waals surface area contributed by atoms with E-state index in [2.05, 4.69) is 10.2 Å². The van der Waals surface area contributed by atoms with Crippen molar-refractivity contribution >= 4 is 16.6 Å². The molecule has 1 aromatic heterocycles. The summed E-state index contributed by atoms with van der Waals surface area (Å²) in [6.07, 6.45) is 1.56. The molecule has 2 aromatic rings. The smallest absolute Gasteiger partial charge is 1.00 e. The molecule has 0 spiro atoms. The van der Waals surface area contributed by atoms with Crippen LogP contribution in [0.3, 0.4) is 0 Å². The number of aromatic amines is 1. The molecule has 0 saturated carbocycles. The Labute approximate surface area is 133 Å². The van der Waals surface area contributed by atoms with Crippen molar-refractivity contribution in [3.63, 3.8) is 0 Å². The number of rotatable bonds is 1. The fraction of sp³-hybridized carbons (Fsp3) is 0. The molecule has 0 aliphatic rings. The number of nitrogens with one attached hydrogen (secondary N) is 1. The van der Waals surface area contributed by atoms with Gasteiger partial charge < -0.3 is 17.0 Å². The standard InChI is InChI=1S/C7H5N3O2.BrH.K/c11-10(12)6-1-2-7-5(3-6)4-8-9-7;;/h1-4H,(H,8,9);1H;/q;;+1/p-1. The molecule has 0 amide bonds.